The minimum atomic E-state index is 0.636. The summed E-state index contributed by atoms with van der Waals surface area (Å²) in [6.45, 7) is 2.22. The summed E-state index contributed by atoms with van der Waals surface area (Å²) in [6.07, 6.45) is 6.14. The van der Waals surface area contributed by atoms with E-state index >= 15 is 0 Å². The lowest BCUT2D eigenvalue weighted by Crippen LogP contribution is -1.86. The molecule has 1 aromatic rings. The number of halogens is 2. The molecule has 0 aromatic carbocycles. The molecule has 0 amide bonds. The Hall–Kier alpha value is 0.400. The number of hydrogen-bond donors (Lipinski definition) is 0. The van der Waals surface area contributed by atoms with Crippen LogP contribution in [0.25, 0.3) is 0 Å². The highest BCUT2D eigenvalue weighted by Gasteiger charge is 2.06. The zero-order chi connectivity index (χ0) is 9.68. The minimum Gasteiger partial charge on any atom is -0.229 e. The molecule has 0 spiro atoms. The zero-order valence-corrected chi connectivity index (χ0v) is 10.8. The van der Waals surface area contributed by atoms with E-state index in [4.69, 9.17) is 11.6 Å². The van der Waals surface area contributed by atoms with E-state index in [0.29, 0.717) is 4.47 Å². The fourth-order valence-corrected chi connectivity index (χ4v) is 3.11. The van der Waals surface area contributed by atoms with Gasteiger partial charge in [0, 0.05) is 0 Å². The predicted octanol–water partition coefficient (Wildman–Crippen LogP) is 4.68. The van der Waals surface area contributed by atoms with Crippen LogP contribution in [0.3, 0.4) is 0 Å². The number of unbranched alkanes of at least 4 members (excludes halogenated alkanes) is 3. The Morgan fingerprint density at radius 3 is 2.69 bits per heavy atom. The second-order valence-corrected chi connectivity index (χ2v) is 5.90. The molecule has 1 nitrogen and oxygen atoms in total. The molecule has 0 atom stereocenters. The number of nitrogens with zero attached hydrogens (tertiary/aromatic N) is 1. The first kappa shape index (κ1) is 11.5. The topological polar surface area (TPSA) is 12.9 Å². The third-order valence-electron chi connectivity index (χ3n) is 1.89. The fourth-order valence-electron chi connectivity index (χ4n) is 1.18. The highest BCUT2D eigenvalue weighted by molar-refractivity contribution is 9.11. The first-order valence-corrected chi connectivity index (χ1v) is 6.53. The predicted molar refractivity (Wildman–Crippen MR) is 62.7 cm³/mol. The van der Waals surface area contributed by atoms with Crippen LogP contribution in [0, 0.1) is 0 Å². The molecule has 0 fully saturated rings. The van der Waals surface area contributed by atoms with E-state index in [1.165, 1.54) is 37.0 Å². The lowest BCUT2D eigenvalue weighted by molar-refractivity contribution is 0.661. The van der Waals surface area contributed by atoms with Crippen molar-refractivity contribution < 1.29 is 0 Å². The van der Waals surface area contributed by atoms with Crippen LogP contribution < -0.4 is 0 Å². The van der Waals surface area contributed by atoms with Crippen molar-refractivity contribution in [3.05, 3.63) is 13.9 Å². The maximum absolute atomic E-state index is 5.78. The molecule has 0 bridgehead atoms. The summed E-state index contributed by atoms with van der Waals surface area (Å²) in [7, 11) is 0. The van der Waals surface area contributed by atoms with Gasteiger partial charge in [0.25, 0.3) is 0 Å². The van der Waals surface area contributed by atoms with Crippen molar-refractivity contribution in [2.24, 2.45) is 0 Å². The Kier molecular flexibility index (Phi) is 5.29. The van der Waals surface area contributed by atoms with Crippen molar-refractivity contribution in [1.82, 2.24) is 4.98 Å². The van der Waals surface area contributed by atoms with Gasteiger partial charge in [-0.25, -0.2) is 4.98 Å². The van der Waals surface area contributed by atoms with Gasteiger partial charge in [0.2, 0.25) is 0 Å². The quantitative estimate of drug-likeness (QED) is 0.715. The van der Waals surface area contributed by atoms with Gasteiger partial charge in [0.1, 0.15) is 0 Å². The van der Waals surface area contributed by atoms with Crippen LogP contribution in [-0.4, -0.2) is 4.98 Å². The molecule has 13 heavy (non-hydrogen) atoms. The lowest BCUT2D eigenvalue weighted by atomic mass is 10.1. The Bertz CT molecular complexity index is 262. The maximum Gasteiger partial charge on any atom is 0.184 e. The number of aryl methyl sites for hydroxylation is 1. The van der Waals surface area contributed by atoms with E-state index in [1.807, 2.05) is 0 Å². The number of rotatable bonds is 5. The third kappa shape index (κ3) is 3.96. The highest BCUT2D eigenvalue weighted by Crippen LogP contribution is 2.29. The summed E-state index contributed by atoms with van der Waals surface area (Å²) in [5.41, 5.74) is 1.12. The minimum absolute atomic E-state index is 0.636. The summed E-state index contributed by atoms with van der Waals surface area (Å²) < 4.78 is 1.73. The van der Waals surface area contributed by atoms with Crippen molar-refractivity contribution in [2.75, 3.05) is 0 Å². The van der Waals surface area contributed by atoms with Gasteiger partial charge in [-0.15, -0.1) is 0 Å². The van der Waals surface area contributed by atoms with E-state index in [0.717, 1.165) is 15.9 Å². The summed E-state index contributed by atoms with van der Waals surface area (Å²) in [5.74, 6) is 0. The van der Waals surface area contributed by atoms with E-state index < -0.39 is 0 Å². The Morgan fingerprint density at radius 2 is 2.15 bits per heavy atom. The van der Waals surface area contributed by atoms with E-state index in [2.05, 4.69) is 27.8 Å². The standard InChI is InChI=1S/C9H13BrClNS/c1-2-3-4-5-6-7-8(10)13-9(11)12-7/h2-6H2,1H3. The summed E-state index contributed by atoms with van der Waals surface area (Å²) >= 11 is 10.7. The van der Waals surface area contributed by atoms with Gasteiger partial charge in [0.05, 0.1) is 9.48 Å². The van der Waals surface area contributed by atoms with Gasteiger partial charge < -0.3 is 0 Å². The van der Waals surface area contributed by atoms with Crippen molar-refractivity contribution in [1.29, 1.82) is 0 Å². The molecule has 1 heterocycles. The fraction of sp³-hybridized carbons (Fsp3) is 0.667. The summed E-state index contributed by atoms with van der Waals surface area (Å²) in [6, 6.07) is 0. The zero-order valence-electron chi connectivity index (χ0n) is 7.65. The number of thiazole rings is 1. The van der Waals surface area contributed by atoms with E-state index in [1.54, 1.807) is 0 Å². The molecule has 0 N–H and O–H groups in total. The van der Waals surface area contributed by atoms with Crippen molar-refractivity contribution in [2.45, 2.75) is 39.0 Å². The molecule has 4 heteroatoms. The van der Waals surface area contributed by atoms with Gasteiger partial charge in [-0.05, 0) is 28.8 Å². The molecular formula is C9H13BrClNS. The summed E-state index contributed by atoms with van der Waals surface area (Å²) in [4.78, 5) is 4.24. The van der Waals surface area contributed by atoms with Gasteiger partial charge in [-0.3, -0.25) is 0 Å². The van der Waals surface area contributed by atoms with Crippen LogP contribution >= 0.6 is 38.9 Å². The second kappa shape index (κ2) is 5.99. The first-order chi connectivity index (χ1) is 6.24. The Labute approximate surface area is 96.7 Å². The molecule has 0 unspecified atom stereocenters. The van der Waals surface area contributed by atoms with Gasteiger partial charge in [-0.2, -0.15) is 0 Å². The monoisotopic (exact) mass is 281 g/mol. The molecular weight excluding hydrogens is 270 g/mol. The number of hydrogen-bond acceptors (Lipinski definition) is 2. The van der Waals surface area contributed by atoms with Gasteiger partial charge in [0.15, 0.2) is 4.47 Å². The Morgan fingerprint density at radius 1 is 1.38 bits per heavy atom. The summed E-state index contributed by atoms with van der Waals surface area (Å²) in [5, 5.41) is 0. The van der Waals surface area contributed by atoms with Gasteiger partial charge in [-0.1, -0.05) is 49.1 Å². The molecule has 1 rings (SSSR count). The molecule has 0 aliphatic rings. The van der Waals surface area contributed by atoms with Crippen LogP contribution in [0.5, 0.6) is 0 Å². The van der Waals surface area contributed by atoms with Gasteiger partial charge >= 0.3 is 0 Å². The van der Waals surface area contributed by atoms with E-state index in [9.17, 15) is 0 Å². The van der Waals surface area contributed by atoms with Crippen molar-refractivity contribution in [3.63, 3.8) is 0 Å². The molecule has 0 radical (unpaired) electrons. The van der Waals surface area contributed by atoms with Crippen LogP contribution in [0.1, 0.15) is 38.3 Å². The molecule has 0 saturated carbocycles. The molecule has 0 aliphatic heterocycles. The first-order valence-electron chi connectivity index (χ1n) is 4.54. The van der Waals surface area contributed by atoms with Crippen molar-refractivity contribution in [3.8, 4) is 0 Å². The van der Waals surface area contributed by atoms with Crippen LogP contribution in [-0.2, 0) is 6.42 Å². The van der Waals surface area contributed by atoms with Crippen LogP contribution in [0.15, 0.2) is 3.79 Å². The molecule has 0 saturated heterocycles. The SMILES string of the molecule is CCCCCCc1nc(Cl)sc1Br. The molecule has 74 valence electrons. The third-order valence-corrected chi connectivity index (χ3v) is 3.82. The smallest absolute Gasteiger partial charge is 0.184 e. The highest BCUT2D eigenvalue weighted by atomic mass is 79.9. The maximum atomic E-state index is 5.78. The lowest BCUT2D eigenvalue weighted by Gasteiger charge is -1.96. The molecule has 1 aromatic heterocycles. The Balaban J connectivity index is 2.32. The average Bonchev–Trinajstić information content (AvgIpc) is 2.39. The molecule has 0 aliphatic carbocycles. The van der Waals surface area contributed by atoms with Crippen LogP contribution in [0.4, 0.5) is 0 Å². The second-order valence-electron chi connectivity index (χ2n) is 3.00. The normalized spacial score (nSPS) is 10.7. The van der Waals surface area contributed by atoms with Crippen LogP contribution in [0.2, 0.25) is 4.47 Å². The number of aromatic nitrogens is 1. The average molecular weight is 283 g/mol. The largest absolute Gasteiger partial charge is 0.229 e. The van der Waals surface area contributed by atoms with Crippen molar-refractivity contribution >= 4 is 38.9 Å². The van der Waals surface area contributed by atoms with E-state index in [-0.39, 0.29) is 0 Å².